The molecule has 0 radical (unpaired) electrons. The molecule has 0 spiro atoms. The van der Waals surface area contributed by atoms with Crippen LogP contribution < -0.4 is 0 Å². The summed E-state index contributed by atoms with van der Waals surface area (Å²) in [5.41, 5.74) is -0.0985. The Bertz CT molecular complexity index is 282. The lowest BCUT2D eigenvalue weighted by molar-refractivity contribution is -0.0384. The fraction of sp³-hybridized carbons (Fsp3) is 0.917. The molecule has 4 heteroatoms. The fourth-order valence-corrected chi connectivity index (χ4v) is 2.08. The molecule has 92 valence electrons. The van der Waals surface area contributed by atoms with Crippen LogP contribution in [0.15, 0.2) is 5.16 Å². The second-order valence-electron chi connectivity index (χ2n) is 5.53. The van der Waals surface area contributed by atoms with Gasteiger partial charge < -0.3 is 14.6 Å². The normalized spacial score (nSPS) is 31.8. The first-order chi connectivity index (χ1) is 7.51. The van der Waals surface area contributed by atoms with E-state index in [4.69, 9.17) is 4.84 Å². The van der Waals surface area contributed by atoms with E-state index >= 15 is 0 Å². The highest BCUT2D eigenvalue weighted by atomic mass is 16.7. The van der Waals surface area contributed by atoms with Crippen LogP contribution in [0.25, 0.3) is 0 Å². The van der Waals surface area contributed by atoms with Gasteiger partial charge in [0.15, 0.2) is 0 Å². The van der Waals surface area contributed by atoms with Gasteiger partial charge in [0, 0.05) is 26.2 Å². The minimum Gasteiger partial charge on any atom is -0.387 e. The highest BCUT2D eigenvalue weighted by Gasteiger charge is 2.39. The molecule has 0 aromatic heterocycles. The van der Waals surface area contributed by atoms with Crippen molar-refractivity contribution in [3.63, 3.8) is 0 Å². The Labute approximate surface area is 98.2 Å². The minimum atomic E-state index is -0.0985. The van der Waals surface area contributed by atoms with E-state index in [0.717, 1.165) is 38.4 Å². The van der Waals surface area contributed by atoms with E-state index in [1.165, 1.54) is 0 Å². The molecule has 1 fully saturated rings. The Morgan fingerprint density at radius 2 is 1.88 bits per heavy atom. The third-order valence-corrected chi connectivity index (χ3v) is 3.96. The molecule has 0 bridgehead atoms. The molecule has 2 rings (SSSR count). The SMILES string of the molecule is CC(C)C1(C)CC(N2CCN(C)CC2)=NO1. The van der Waals surface area contributed by atoms with Crippen molar-refractivity contribution < 1.29 is 4.84 Å². The van der Waals surface area contributed by atoms with E-state index in [1.807, 2.05) is 0 Å². The lowest BCUT2D eigenvalue weighted by Gasteiger charge is -2.34. The van der Waals surface area contributed by atoms with Gasteiger partial charge in [-0.25, -0.2) is 0 Å². The molecule has 4 nitrogen and oxygen atoms in total. The predicted molar refractivity (Wildman–Crippen MR) is 65.5 cm³/mol. The van der Waals surface area contributed by atoms with Gasteiger partial charge in [-0.1, -0.05) is 19.0 Å². The molecule has 1 saturated heterocycles. The Balaban J connectivity index is 1.93. The predicted octanol–water partition coefficient (Wildman–Crippen LogP) is 1.38. The van der Waals surface area contributed by atoms with Gasteiger partial charge in [-0.2, -0.15) is 0 Å². The summed E-state index contributed by atoms with van der Waals surface area (Å²) in [6.45, 7) is 10.9. The molecule has 0 aromatic carbocycles. The standard InChI is InChI=1S/C12H23N3O/c1-10(2)12(3)9-11(13-16-12)15-7-5-14(4)6-8-15/h10H,5-9H2,1-4H3. The van der Waals surface area contributed by atoms with Crippen LogP contribution in [0.4, 0.5) is 0 Å². The summed E-state index contributed by atoms with van der Waals surface area (Å²) in [4.78, 5) is 10.4. The van der Waals surface area contributed by atoms with Gasteiger partial charge in [0.1, 0.15) is 11.4 Å². The highest BCUT2D eigenvalue weighted by molar-refractivity contribution is 5.84. The maximum absolute atomic E-state index is 5.63. The first-order valence-electron chi connectivity index (χ1n) is 6.20. The van der Waals surface area contributed by atoms with Crippen LogP contribution in [0.1, 0.15) is 27.2 Å². The number of amidine groups is 1. The van der Waals surface area contributed by atoms with E-state index < -0.39 is 0 Å². The van der Waals surface area contributed by atoms with Crippen LogP contribution >= 0.6 is 0 Å². The van der Waals surface area contributed by atoms with Gasteiger partial charge in [-0.15, -0.1) is 0 Å². The summed E-state index contributed by atoms with van der Waals surface area (Å²) in [6.07, 6.45) is 0.953. The molecule has 2 aliphatic rings. The van der Waals surface area contributed by atoms with Crippen molar-refractivity contribution in [2.24, 2.45) is 11.1 Å². The van der Waals surface area contributed by atoms with Gasteiger partial charge in [0.05, 0.1) is 6.42 Å². The molecule has 2 aliphatic heterocycles. The number of likely N-dealkylation sites (N-methyl/N-ethyl adjacent to an activating group) is 1. The summed E-state index contributed by atoms with van der Waals surface area (Å²) >= 11 is 0. The van der Waals surface area contributed by atoms with E-state index in [1.54, 1.807) is 0 Å². The average molecular weight is 225 g/mol. The molecule has 0 amide bonds. The lowest BCUT2D eigenvalue weighted by Crippen LogP contribution is -2.47. The summed E-state index contributed by atoms with van der Waals surface area (Å²) < 4.78 is 0. The number of rotatable bonds is 1. The Morgan fingerprint density at radius 1 is 1.25 bits per heavy atom. The summed E-state index contributed by atoms with van der Waals surface area (Å²) in [7, 11) is 2.17. The van der Waals surface area contributed by atoms with Crippen molar-refractivity contribution in [1.29, 1.82) is 0 Å². The second kappa shape index (κ2) is 4.24. The molecule has 1 atom stereocenters. The molecule has 2 heterocycles. The molecule has 0 aliphatic carbocycles. The summed E-state index contributed by atoms with van der Waals surface area (Å²) in [5.74, 6) is 1.64. The lowest BCUT2D eigenvalue weighted by atomic mass is 9.89. The van der Waals surface area contributed by atoms with Crippen molar-refractivity contribution in [3.8, 4) is 0 Å². The van der Waals surface area contributed by atoms with Crippen LogP contribution in [0.2, 0.25) is 0 Å². The second-order valence-corrected chi connectivity index (χ2v) is 5.53. The molecule has 1 unspecified atom stereocenters. The zero-order valence-electron chi connectivity index (χ0n) is 10.9. The fourth-order valence-electron chi connectivity index (χ4n) is 2.08. The summed E-state index contributed by atoms with van der Waals surface area (Å²) in [6, 6.07) is 0. The first kappa shape index (κ1) is 11.7. The van der Waals surface area contributed by atoms with E-state index in [0.29, 0.717) is 5.92 Å². The van der Waals surface area contributed by atoms with E-state index in [-0.39, 0.29) is 5.60 Å². The van der Waals surface area contributed by atoms with Crippen molar-refractivity contribution >= 4 is 5.84 Å². The maximum Gasteiger partial charge on any atom is 0.148 e. The first-order valence-corrected chi connectivity index (χ1v) is 6.20. The highest BCUT2D eigenvalue weighted by Crippen LogP contribution is 2.32. The molecule has 16 heavy (non-hydrogen) atoms. The van der Waals surface area contributed by atoms with E-state index in [9.17, 15) is 0 Å². The average Bonchev–Trinajstić information content (AvgIpc) is 2.63. The van der Waals surface area contributed by atoms with Crippen LogP contribution in [-0.4, -0.2) is 54.5 Å². The number of hydrogen-bond acceptors (Lipinski definition) is 4. The van der Waals surface area contributed by atoms with Crippen LogP contribution in [-0.2, 0) is 4.84 Å². The molecule has 0 aromatic rings. The smallest absolute Gasteiger partial charge is 0.148 e. The van der Waals surface area contributed by atoms with Crippen LogP contribution in [0.3, 0.4) is 0 Å². The number of oxime groups is 1. The van der Waals surface area contributed by atoms with Gasteiger partial charge >= 0.3 is 0 Å². The van der Waals surface area contributed by atoms with Crippen LogP contribution in [0.5, 0.6) is 0 Å². The Kier molecular flexibility index (Phi) is 3.10. The Hall–Kier alpha value is -0.770. The van der Waals surface area contributed by atoms with Crippen molar-refractivity contribution in [3.05, 3.63) is 0 Å². The van der Waals surface area contributed by atoms with Crippen molar-refractivity contribution in [2.75, 3.05) is 33.2 Å². The number of hydrogen-bond donors (Lipinski definition) is 0. The molecule has 0 saturated carbocycles. The Morgan fingerprint density at radius 3 is 2.38 bits per heavy atom. The maximum atomic E-state index is 5.63. The monoisotopic (exact) mass is 225 g/mol. The van der Waals surface area contributed by atoms with Crippen molar-refractivity contribution in [1.82, 2.24) is 9.80 Å². The molecular formula is C12H23N3O. The molecule has 0 N–H and O–H groups in total. The third kappa shape index (κ3) is 2.17. The largest absolute Gasteiger partial charge is 0.387 e. The van der Waals surface area contributed by atoms with Gasteiger partial charge in [-0.3, -0.25) is 0 Å². The molecular weight excluding hydrogens is 202 g/mol. The van der Waals surface area contributed by atoms with Crippen molar-refractivity contribution in [2.45, 2.75) is 32.8 Å². The zero-order chi connectivity index (χ0) is 11.8. The van der Waals surface area contributed by atoms with E-state index in [2.05, 4.69) is 42.8 Å². The number of nitrogens with zero attached hydrogens (tertiary/aromatic N) is 3. The number of piperazine rings is 1. The quantitative estimate of drug-likeness (QED) is 0.675. The van der Waals surface area contributed by atoms with Gasteiger partial charge in [0.2, 0.25) is 0 Å². The van der Waals surface area contributed by atoms with Crippen LogP contribution in [0, 0.1) is 5.92 Å². The third-order valence-electron chi connectivity index (χ3n) is 3.96. The topological polar surface area (TPSA) is 28.1 Å². The summed E-state index contributed by atoms with van der Waals surface area (Å²) in [5, 5.41) is 4.28. The van der Waals surface area contributed by atoms with Gasteiger partial charge in [0.25, 0.3) is 0 Å². The minimum absolute atomic E-state index is 0.0985. The van der Waals surface area contributed by atoms with Gasteiger partial charge in [-0.05, 0) is 19.9 Å². The zero-order valence-corrected chi connectivity index (χ0v) is 10.9.